The van der Waals surface area contributed by atoms with Crippen LogP contribution in [0.1, 0.15) is 39.2 Å². The van der Waals surface area contributed by atoms with Crippen LogP contribution >= 0.6 is 0 Å². The summed E-state index contributed by atoms with van der Waals surface area (Å²) < 4.78 is 17.2. The van der Waals surface area contributed by atoms with E-state index in [0.29, 0.717) is 38.3 Å². The fraction of sp³-hybridized carbons (Fsp3) is 0.700. The second-order valence-electron chi connectivity index (χ2n) is 7.09. The predicted octanol–water partition coefficient (Wildman–Crippen LogP) is 3.42. The third-order valence-electron chi connectivity index (χ3n) is 4.73. The van der Waals surface area contributed by atoms with E-state index in [1.807, 2.05) is 30.3 Å². The van der Waals surface area contributed by atoms with Gasteiger partial charge in [-0.2, -0.15) is 0 Å². The van der Waals surface area contributed by atoms with E-state index in [2.05, 4.69) is 20.8 Å². The van der Waals surface area contributed by atoms with Crippen LogP contribution in [0.15, 0.2) is 30.3 Å². The van der Waals surface area contributed by atoms with Crippen molar-refractivity contribution in [1.29, 1.82) is 0 Å². The summed E-state index contributed by atoms with van der Waals surface area (Å²) in [6.07, 6.45) is 1.19. The van der Waals surface area contributed by atoms with E-state index in [0.717, 1.165) is 12.0 Å². The standard InChI is InChI=1S/C20H32O4/c1-4-15(2)10-16(3)11-23-19-14-24-18(20(19)21)13-22-12-17-8-6-5-7-9-17/h5-9,15-16,18-21H,4,10-14H2,1-3H3. The van der Waals surface area contributed by atoms with Crippen molar-refractivity contribution < 1.29 is 19.3 Å². The molecule has 1 N–H and O–H groups in total. The second-order valence-corrected chi connectivity index (χ2v) is 7.09. The largest absolute Gasteiger partial charge is 0.388 e. The van der Waals surface area contributed by atoms with Crippen molar-refractivity contribution in [2.24, 2.45) is 11.8 Å². The molecule has 0 spiro atoms. The van der Waals surface area contributed by atoms with Gasteiger partial charge in [-0.3, -0.25) is 0 Å². The number of rotatable bonds is 10. The Kier molecular flexibility index (Phi) is 8.19. The van der Waals surface area contributed by atoms with Crippen molar-refractivity contribution >= 4 is 0 Å². The van der Waals surface area contributed by atoms with E-state index in [1.165, 1.54) is 6.42 Å². The van der Waals surface area contributed by atoms with Crippen molar-refractivity contribution in [3.05, 3.63) is 35.9 Å². The van der Waals surface area contributed by atoms with Gasteiger partial charge in [-0.1, -0.05) is 57.5 Å². The molecule has 1 aliphatic rings. The summed E-state index contributed by atoms with van der Waals surface area (Å²) in [6.45, 7) is 8.72. The number of aliphatic hydroxyl groups excluding tert-OH is 1. The zero-order valence-electron chi connectivity index (χ0n) is 15.2. The van der Waals surface area contributed by atoms with Gasteiger partial charge in [0.2, 0.25) is 0 Å². The lowest BCUT2D eigenvalue weighted by Crippen LogP contribution is -2.35. The Morgan fingerprint density at radius 1 is 1.21 bits per heavy atom. The lowest BCUT2D eigenvalue weighted by molar-refractivity contribution is -0.0492. The molecule has 0 bridgehead atoms. The maximum atomic E-state index is 10.4. The van der Waals surface area contributed by atoms with Gasteiger partial charge in [0.25, 0.3) is 0 Å². The third kappa shape index (κ3) is 6.17. The molecule has 1 fully saturated rings. The van der Waals surface area contributed by atoms with Gasteiger partial charge in [0.1, 0.15) is 18.3 Å². The van der Waals surface area contributed by atoms with Crippen molar-refractivity contribution in [1.82, 2.24) is 0 Å². The van der Waals surface area contributed by atoms with Crippen LogP contribution in [0.25, 0.3) is 0 Å². The highest BCUT2D eigenvalue weighted by molar-refractivity contribution is 5.13. The zero-order chi connectivity index (χ0) is 17.4. The molecule has 0 aromatic heterocycles. The van der Waals surface area contributed by atoms with Crippen molar-refractivity contribution in [3.63, 3.8) is 0 Å². The highest BCUT2D eigenvalue weighted by Crippen LogP contribution is 2.21. The van der Waals surface area contributed by atoms with Crippen molar-refractivity contribution in [2.75, 3.05) is 19.8 Å². The number of aliphatic hydroxyl groups is 1. The SMILES string of the molecule is CCC(C)CC(C)COC1COC(COCc2ccccc2)C1O. The Morgan fingerprint density at radius 3 is 2.67 bits per heavy atom. The molecular formula is C20H32O4. The molecule has 1 saturated heterocycles. The van der Waals surface area contributed by atoms with E-state index >= 15 is 0 Å². The molecule has 0 amide bonds. The molecule has 24 heavy (non-hydrogen) atoms. The predicted molar refractivity (Wildman–Crippen MR) is 94.8 cm³/mol. The minimum Gasteiger partial charge on any atom is -0.388 e. The molecular weight excluding hydrogens is 304 g/mol. The first-order valence-corrected chi connectivity index (χ1v) is 9.13. The van der Waals surface area contributed by atoms with Crippen LogP contribution in [0.4, 0.5) is 0 Å². The van der Waals surface area contributed by atoms with Gasteiger partial charge in [0.05, 0.1) is 19.8 Å². The zero-order valence-corrected chi connectivity index (χ0v) is 15.2. The Balaban J connectivity index is 1.65. The van der Waals surface area contributed by atoms with Crippen LogP contribution in [0.5, 0.6) is 0 Å². The van der Waals surface area contributed by atoms with Gasteiger partial charge in [-0.15, -0.1) is 0 Å². The first-order valence-electron chi connectivity index (χ1n) is 9.13. The van der Waals surface area contributed by atoms with Gasteiger partial charge < -0.3 is 19.3 Å². The Hall–Kier alpha value is -0.940. The molecule has 0 radical (unpaired) electrons. The molecule has 0 aliphatic carbocycles. The smallest absolute Gasteiger partial charge is 0.111 e. The van der Waals surface area contributed by atoms with Gasteiger partial charge in [-0.25, -0.2) is 0 Å². The Morgan fingerprint density at radius 2 is 1.96 bits per heavy atom. The first-order chi connectivity index (χ1) is 11.6. The van der Waals surface area contributed by atoms with E-state index in [1.54, 1.807) is 0 Å². The molecule has 4 heteroatoms. The van der Waals surface area contributed by atoms with Gasteiger partial charge in [0, 0.05) is 6.61 Å². The lowest BCUT2D eigenvalue weighted by Gasteiger charge is -2.21. The van der Waals surface area contributed by atoms with E-state index in [9.17, 15) is 5.11 Å². The minimum absolute atomic E-state index is 0.241. The lowest BCUT2D eigenvalue weighted by atomic mass is 9.96. The molecule has 136 valence electrons. The maximum Gasteiger partial charge on any atom is 0.111 e. The average Bonchev–Trinajstić information content (AvgIpc) is 2.94. The molecule has 1 aliphatic heterocycles. The number of ether oxygens (including phenoxy) is 3. The van der Waals surface area contributed by atoms with Crippen molar-refractivity contribution in [3.8, 4) is 0 Å². The molecule has 2 rings (SSSR count). The summed E-state index contributed by atoms with van der Waals surface area (Å²) in [7, 11) is 0. The van der Waals surface area contributed by atoms with Crippen LogP contribution < -0.4 is 0 Å². The van der Waals surface area contributed by atoms with Crippen LogP contribution in [-0.4, -0.2) is 43.2 Å². The second kappa shape index (κ2) is 10.1. The van der Waals surface area contributed by atoms with Crippen LogP contribution in [-0.2, 0) is 20.8 Å². The number of hydrogen-bond acceptors (Lipinski definition) is 4. The summed E-state index contributed by atoms with van der Waals surface area (Å²) in [5, 5.41) is 10.4. The van der Waals surface area contributed by atoms with E-state index in [4.69, 9.17) is 14.2 Å². The van der Waals surface area contributed by atoms with E-state index < -0.39 is 6.10 Å². The molecule has 5 atom stereocenters. The first kappa shape index (κ1) is 19.4. The van der Waals surface area contributed by atoms with Crippen LogP contribution in [0, 0.1) is 11.8 Å². The number of hydrogen-bond donors (Lipinski definition) is 1. The van der Waals surface area contributed by atoms with Crippen LogP contribution in [0.2, 0.25) is 0 Å². The topological polar surface area (TPSA) is 47.9 Å². The Bertz CT molecular complexity index is 450. The monoisotopic (exact) mass is 336 g/mol. The van der Waals surface area contributed by atoms with Crippen LogP contribution in [0.3, 0.4) is 0 Å². The maximum absolute atomic E-state index is 10.4. The summed E-state index contributed by atoms with van der Waals surface area (Å²) in [5.41, 5.74) is 1.12. The van der Waals surface area contributed by atoms with E-state index in [-0.39, 0.29) is 12.2 Å². The summed E-state index contributed by atoms with van der Waals surface area (Å²) in [6, 6.07) is 10.0. The fourth-order valence-corrected chi connectivity index (χ4v) is 3.03. The number of benzene rings is 1. The summed E-state index contributed by atoms with van der Waals surface area (Å²) in [4.78, 5) is 0. The normalized spacial score (nSPS) is 26.4. The van der Waals surface area contributed by atoms with Gasteiger partial charge in [-0.05, 0) is 23.8 Å². The average molecular weight is 336 g/mol. The molecule has 0 saturated carbocycles. The highest BCUT2D eigenvalue weighted by Gasteiger charge is 2.36. The highest BCUT2D eigenvalue weighted by atomic mass is 16.6. The van der Waals surface area contributed by atoms with Gasteiger partial charge in [0.15, 0.2) is 0 Å². The molecule has 4 nitrogen and oxygen atoms in total. The fourth-order valence-electron chi connectivity index (χ4n) is 3.03. The Labute approximate surface area is 146 Å². The quantitative estimate of drug-likeness (QED) is 0.711. The third-order valence-corrected chi connectivity index (χ3v) is 4.73. The minimum atomic E-state index is -0.614. The molecule has 1 heterocycles. The van der Waals surface area contributed by atoms with Crippen molar-refractivity contribution in [2.45, 2.75) is 58.5 Å². The molecule has 5 unspecified atom stereocenters. The summed E-state index contributed by atoms with van der Waals surface area (Å²) in [5.74, 6) is 1.22. The molecule has 1 aromatic rings. The van der Waals surface area contributed by atoms with Gasteiger partial charge >= 0.3 is 0 Å². The molecule has 1 aromatic carbocycles. The summed E-state index contributed by atoms with van der Waals surface area (Å²) >= 11 is 0.